The van der Waals surface area contributed by atoms with Gasteiger partial charge in [-0.1, -0.05) is 0 Å². The molecule has 2 aromatic carbocycles. The lowest BCUT2D eigenvalue weighted by Gasteiger charge is -2.10. The molecule has 4 rings (SSSR count). The minimum absolute atomic E-state index is 0.00245. The molecule has 0 fully saturated rings. The first-order chi connectivity index (χ1) is 15.0. The summed E-state index contributed by atoms with van der Waals surface area (Å²) in [6.45, 7) is 1.86. The van der Waals surface area contributed by atoms with E-state index in [1.165, 1.54) is 6.33 Å². The lowest BCUT2D eigenvalue weighted by molar-refractivity contribution is 0.262. The van der Waals surface area contributed by atoms with E-state index in [2.05, 4.69) is 25.6 Å². The SMILES string of the molecule is Cc1nccn1-c1cc(Oc2ccc(NC(=O)Nc3cc(F)cc(F)c3)cc2)ncn1. The largest absolute Gasteiger partial charge is 0.439 e. The van der Waals surface area contributed by atoms with Crippen molar-refractivity contribution in [3.63, 3.8) is 0 Å². The van der Waals surface area contributed by atoms with Crippen molar-refractivity contribution in [2.45, 2.75) is 6.92 Å². The minimum atomic E-state index is -0.784. The van der Waals surface area contributed by atoms with Gasteiger partial charge in [0, 0.05) is 35.9 Å². The fraction of sp³-hybridized carbons (Fsp3) is 0.0476. The number of rotatable bonds is 5. The van der Waals surface area contributed by atoms with E-state index < -0.39 is 17.7 Å². The number of nitrogens with one attached hydrogen (secondary N) is 2. The number of aryl methyl sites for hydroxylation is 1. The Labute approximate surface area is 175 Å². The molecule has 31 heavy (non-hydrogen) atoms. The number of carbonyl (C=O) groups is 1. The average molecular weight is 422 g/mol. The van der Waals surface area contributed by atoms with Crippen LogP contribution in [0.5, 0.6) is 11.6 Å². The highest BCUT2D eigenvalue weighted by Crippen LogP contribution is 2.23. The van der Waals surface area contributed by atoms with Gasteiger partial charge in [0.2, 0.25) is 5.88 Å². The van der Waals surface area contributed by atoms with Gasteiger partial charge in [-0.2, -0.15) is 0 Å². The Morgan fingerprint density at radius 3 is 2.32 bits per heavy atom. The minimum Gasteiger partial charge on any atom is -0.439 e. The molecule has 2 aromatic heterocycles. The van der Waals surface area contributed by atoms with E-state index in [0.717, 1.165) is 24.0 Å². The van der Waals surface area contributed by atoms with Gasteiger partial charge in [-0.3, -0.25) is 4.57 Å². The molecule has 0 unspecified atom stereocenters. The van der Waals surface area contributed by atoms with E-state index in [0.29, 0.717) is 23.1 Å². The van der Waals surface area contributed by atoms with Crippen molar-refractivity contribution in [3.8, 4) is 17.4 Å². The van der Waals surface area contributed by atoms with Gasteiger partial charge in [-0.25, -0.2) is 28.5 Å². The normalized spacial score (nSPS) is 10.5. The molecule has 0 saturated carbocycles. The van der Waals surface area contributed by atoms with Crippen molar-refractivity contribution < 1.29 is 18.3 Å². The quantitative estimate of drug-likeness (QED) is 0.487. The van der Waals surface area contributed by atoms with E-state index in [-0.39, 0.29) is 5.69 Å². The van der Waals surface area contributed by atoms with Gasteiger partial charge in [-0.05, 0) is 43.3 Å². The number of amides is 2. The number of anilines is 2. The molecule has 0 spiro atoms. The summed E-state index contributed by atoms with van der Waals surface area (Å²) < 4.78 is 34.0. The molecule has 0 bridgehead atoms. The summed E-state index contributed by atoms with van der Waals surface area (Å²) in [6.07, 6.45) is 4.84. The predicted molar refractivity (Wildman–Crippen MR) is 109 cm³/mol. The molecule has 8 nitrogen and oxygen atoms in total. The van der Waals surface area contributed by atoms with Gasteiger partial charge in [-0.15, -0.1) is 0 Å². The molecule has 0 aliphatic heterocycles. The molecule has 0 saturated heterocycles. The second-order valence-electron chi connectivity index (χ2n) is 6.42. The standard InChI is InChI=1S/C21H16F2N6O2/c1-13-24-6-7-29(13)19-11-20(26-12-25-19)31-18-4-2-16(3-5-18)27-21(30)28-17-9-14(22)8-15(23)10-17/h2-12H,1H3,(H2,27,28,30). The van der Waals surface area contributed by atoms with Gasteiger partial charge in [0.1, 0.15) is 35.4 Å². The number of nitrogens with zero attached hydrogens (tertiary/aromatic N) is 4. The summed E-state index contributed by atoms with van der Waals surface area (Å²) in [4.78, 5) is 24.5. The zero-order valence-corrected chi connectivity index (χ0v) is 16.2. The Morgan fingerprint density at radius 2 is 1.65 bits per heavy atom. The van der Waals surface area contributed by atoms with Crippen LogP contribution in [-0.2, 0) is 0 Å². The third-order valence-electron chi connectivity index (χ3n) is 4.16. The van der Waals surface area contributed by atoms with Crippen LogP contribution in [0.1, 0.15) is 5.82 Å². The van der Waals surface area contributed by atoms with Gasteiger partial charge in [0.25, 0.3) is 0 Å². The lowest BCUT2D eigenvalue weighted by Crippen LogP contribution is -2.19. The second-order valence-corrected chi connectivity index (χ2v) is 6.42. The van der Waals surface area contributed by atoms with Crippen LogP contribution in [0.2, 0.25) is 0 Å². The van der Waals surface area contributed by atoms with Gasteiger partial charge in [0.05, 0.1) is 0 Å². The van der Waals surface area contributed by atoms with Crippen LogP contribution in [-0.4, -0.2) is 25.6 Å². The van der Waals surface area contributed by atoms with E-state index in [9.17, 15) is 13.6 Å². The smallest absolute Gasteiger partial charge is 0.323 e. The highest BCUT2D eigenvalue weighted by Gasteiger charge is 2.08. The van der Waals surface area contributed by atoms with E-state index >= 15 is 0 Å². The van der Waals surface area contributed by atoms with Crippen LogP contribution in [0.15, 0.2) is 67.3 Å². The molecular weight excluding hydrogens is 406 g/mol. The molecular formula is C21H16F2N6O2. The highest BCUT2D eigenvalue weighted by molar-refractivity contribution is 5.99. The monoisotopic (exact) mass is 422 g/mol. The molecule has 0 radical (unpaired) electrons. The van der Waals surface area contributed by atoms with Crippen molar-refractivity contribution >= 4 is 17.4 Å². The topological polar surface area (TPSA) is 94.0 Å². The van der Waals surface area contributed by atoms with Crippen LogP contribution in [0, 0.1) is 18.6 Å². The molecule has 4 aromatic rings. The van der Waals surface area contributed by atoms with Crippen molar-refractivity contribution in [2.75, 3.05) is 10.6 Å². The van der Waals surface area contributed by atoms with Crippen LogP contribution in [0.4, 0.5) is 25.0 Å². The first-order valence-electron chi connectivity index (χ1n) is 9.11. The number of hydrogen-bond donors (Lipinski definition) is 2. The molecule has 2 heterocycles. The Balaban J connectivity index is 1.39. The summed E-state index contributed by atoms with van der Waals surface area (Å²) in [6, 6.07) is 10.3. The first-order valence-corrected chi connectivity index (χ1v) is 9.11. The molecule has 2 amide bonds. The van der Waals surface area contributed by atoms with Crippen LogP contribution in [0.25, 0.3) is 5.82 Å². The van der Waals surface area contributed by atoms with Crippen molar-refractivity contribution in [1.82, 2.24) is 19.5 Å². The lowest BCUT2D eigenvalue weighted by atomic mass is 10.3. The Hall–Kier alpha value is -4.34. The number of urea groups is 1. The summed E-state index contributed by atoms with van der Waals surface area (Å²) in [7, 11) is 0. The van der Waals surface area contributed by atoms with Gasteiger partial charge in [0.15, 0.2) is 0 Å². The van der Waals surface area contributed by atoms with Crippen LogP contribution >= 0.6 is 0 Å². The zero-order valence-electron chi connectivity index (χ0n) is 16.2. The molecule has 156 valence electrons. The number of halogens is 2. The number of hydrogen-bond acceptors (Lipinski definition) is 5. The van der Waals surface area contributed by atoms with Crippen molar-refractivity contribution in [2.24, 2.45) is 0 Å². The number of imidazole rings is 1. The number of ether oxygens (including phenoxy) is 1. The summed E-state index contributed by atoms with van der Waals surface area (Å²) >= 11 is 0. The van der Waals surface area contributed by atoms with Gasteiger partial charge < -0.3 is 15.4 Å². The van der Waals surface area contributed by atoms with Crippen molar-refractivity contribution in [3.05, 3.63) is 84.7 Å². The van der Waals surface area contributed by atoms with Crippen LogP contribution in [0.3, 0.4) is 0 Å². The number of benzene rings is 2. The number of carbonyl (C=O) groups excluding carboxylic acids is 1. The third kappa shape index (κ3) is 4.99. The Bertz CT molecular complexity index is 1210. The van der Waals surface area contributed by atoms with E-state index in [4.69, 9.17) is 4.74 Å². The molecule has 0 aliphatic rings. The molecule has 2 N–H and O–H groups in total. The molecule has 0 aliphatic carbocycles. The maximum atomic E-state index is 13.2. The maximum Gasteiger partial charge on any atom is 0.323 e. The average Bonchev–Trinajstić information content (AvgIpc) is 3.15. The summed E-state index contributed by atoms with van der Waals surface area (Å²) in [5.41, 5.74) is 0.460. The predicted octanol–water partition coefficient (Wildman–Crippen LogP) is 4.69. The highest BCUT2D eigenvalue weighted by atomic mass is 19.1. The third-order valence-corrected chi connectivity index (χ3v) is 4.16. The van der Waals surface area contributed by atoms with Crippen LogP contribution < -0.4 is 15.4 Å². The zero-order chi connectivity index (χ0) is 21.8. The Morgan fingerprint density at radius 1 is 0.935 bits per heavy atom. The second kappa shape index (κ2) is 8.57. The fourth-order valence-corrected chi connectivity index (χ4v) is 2.78. The van der Waals surface area contributed by atoms with Gasteiger partial charge >= 0.3 is 6.03 Å². The van der Waals surface area contributed by atoms with E-state index in [1.54, 1.807) is 47.3 Å². The molecule has 10 heteroatoms. The Kier molecular flexibility index (Phi) is 5.52. The first kappa shape index (κ1) is 20.0. The number of aromatic nitrogens is 4. The molecule has 0 atom stereocenters. The van der Waals surface area contributed by atoms with Crippen molar-refractivity contribution in [1.29, 1.82) is 0 Å². The maximum absolute atomic E-state index is 13.2. The summed E-state index contributed by atoms with van der Waals surface area (Å²) in [5.74, 6) is 0.652. The fourth-order valence-electron chi connectivity index (χ4n) is 2.78. The van der Waals surface area contributed by atoms with E-state index in [1.807, 2.05) is 6.92 Å². The summed E-state index contributed by atoms with van der Waals surface area (Å²) in [5, 5.41) is 4.93.